The summed E-state index contributed by atoms with van der Waals surface area (Å²) in [6.07, 6.45) is 6.46. The molecule has 1 saturated heterocycles. The van der Waals surface area contributed by atoms with Crippen molar-refractivity contribution in [3.05, 3.63) is 24.3 Å². The van der Waals surface area contributed by atoms with Gasteiger partial charge in [0, 0.05) is 34.6 Å². The molecule has 1 amide bonds. The highest BCUT2D eigenvalue weighted by molar-refractivity contribution is 7.97. The quantitative estimate of drug-likeness (QED) is 0.513. The van der Waals surface area contributed by atoms with E-state index in [9.17, 15) is 9.90 Å². The zero-order chi connectivity index (χ0) is 23.0. The molecule has 7 heteroatoms. The van der Waals surface area contributed by atoms with E-state index in [4.69, 9.17) is 4.98 Å². The largest absolute Gasteiger partial charge is 0.390 e. The van der Waals surface area contributed by atoms with Crippen molar-refractivity contribution in [3.8, 4) is 0 Å². The first-order valence-electron chi connectivity index (χ1n) is 12.3. The molecule has 4 fully saturated rings. The van der Waals surface area contributed by atoms with Crippen LogP contribution in [0, 0.1) is 17.3 Å². The van der Waals surface area contributed by atoms with Crippen molar-refractivity contribution in [1.29, 1.82) is 0 Å². The lowest BCUT2D eigenvalue weighted by Gasteiger charge is -2.39. The monoisotopic (exact) mass is 466 g/mol. The van der Waals surface area contributed by atoms with Gasteiger partial charge in [-0.25, -0.2) is 4.98 Å². The van der Waals surface area contributed by atoms with E-state index in [1.807, 2.05) is 19.9 Å². The Bertz CT molecular complexity index is 1110. The fraction of sp³-hybridized carbons (Fsp3) is 0.615. The van der Waals surface area contributed by atoms with Gasteiger partial charge < -0.3 is 15.3 Å². The minimum Gasteiger partial charge on any atom is -0.390 e. The van der Waals surface area contributed by atoms with E-state index >= 15 is 0 Å². The molecule has 6 rings (SSSR count). The molecule has 0 atom stereocenters. The number of amides is 1. The van der Waals surface area contributed by atoms with Crippen molar-refractivity contribution in [3.63, 3.8) is 0 Å². The number of anilines is 2. The number of nitrogens with one attached hydrogen (secondary N) is 2. The van der Waals surface area contributed by atoms with Crippen molar-refractivity contribution in [2.24, 2.45) is 17.3 Å². The molecule has 0 spiro atoms. The van der Waals surface area contributed by atoms with E-state index in [0.717, 1.165) is 54.6 Å². The molecule has 0 radical (unpaired) electrons. The van der Waals surface area contributed by atoms with Crippen molar-refractivity contribution in [2.45, 2.75) is 75.3 Å². The second-order valence-electron chi connectivity index (χ2n) is 11.6. The molecule has 3 saturated carbocycles. The van der Waals surface area contributed by atoms with Gasteiger partial charge in [0.25, 0.3) is 0 Å². The molecule has 6 nitrogen and oxygen atoms in total. The van der Waals surface area contributed by atoms with Crippen LogP contribution >= 0.6 is 11.9 Å². The second kappa shape index (κ2) is 7.33. The van der Waals surface area contributed by atoms with E-state index in [1.165, 1.54) is 18.5 Å². The predicted octanol–water partition coefficient (Wildman–Crippen LogP) is 4.72. The molecular weight excluding hydrogens is 432 g/mol. The van der Waals surface area contributed by atoms with Gasteiger partial charge in [-0.1, -0.05) is 0 Å². The van der Waals surface area contributed by atoms with Crippen LogP contribution in [0.25, 0.3) is 10.9 Å². The van der Waals surface area contributed by atoms with Crippen LogP contribution in [0.1, 0.15) is 59.3 Å². The predicted molar refractivity (Wildman–Crippen MR) is 133 cm³/mol. The van der Waals surface area contributed by atoms with Crippen molar-refractivity contribution in [1.82, 2.24) is 9.71 Å². The first kappa shape index (κ1) is 21.7. The molecule has 1 aliphatic heterocycles. The summed E-state index contributed by atoms with van der Waals surface area (Å²) in [6, 6.07) is 8.46. The molecule has 176 valence electrons. The average molecular weight is 467 g/mol. The molecule has 2 heterocycles. The molecular formula is C26H34N4O2S. The third-order valence-electron chi connectivity index (χ3n) is 8.38. The highest BCUT2D eigenvalue weighted by Crippen LogP contribution is 2.75. The number of aromatic nitrogens is 1. The third kappa shape index (κ3) is 4.13. The fourth-order valence-electron chi connectivity index (χ4n) is 5.19. The van der Waals surface area contributed by atoms with Gasteiger partial charge in [-0.05, 0) is 107 Å². The summed E-state index contributed by atoms with van der Waals surface area (Å²) in [7, 11) is 0. The lowest BCUT2D eigenvalue weighted by Crippen LogP contribution is -2.42. The van der Waals surface area contributed by atoms with Crippen molar-refractivity contribution >= 4 is 40.3 Å². The van der Waals surface area contributed by atoms with Gasteiger partial charge in [-0.15, -0.1) is 0 Å². The summed E-state index contributed by atoms with van der Waals surface area (Å²) < 4.78 is 3.62. The Morgan fingerprint density at radius 2 is 1.91 bits per heavy atom. The number of benzene rings is 1. The number of piperidine rings is 1. The SMILES string of the molecule is CC1(NSc2cc(N3CCC(C(C)(C)O)CC3)c3ccc(NC(=O)C45CC4C5)nc3c2)CC1. The Labute approximate surface area is 200 Å². The maximum Gasteiger partial charge on any atom is 0.232 e. The molecule has 1 aromatic heterocycles. The Kier molecular flexibility index (Phi) is 4.82. The first-order valence-corrected chi connectivity index (χ1v) is 13.1. The van der Waals surface area contributed by atoms with Crippen LogP contribution in [0.5, 0.6) is 0 Å². The van der Waals surface area contributed by atoms with Gasteiger partial charge >= 0.3 is 0 Å². The normalized spacial score (nSPS) is 27.9. The van der Waals surface area contributed by atoms with Crippen LogP contribution in [0.3, 0.4) is 0 Å². The van der Waals surface area contributed by atoms with Crippen molar-refractivity contribution in [2.75, 3.05) is 23.3 Å². The maximum atomic E-state index is 12.6. The average Bonchev–Trinajstić information content (AvgIpc) is 3.67. The number of hydrogen-bond donors (Lipinski definition) is 3. The Hall–Kier alpha value is -1.83. The number of hydrogen-bond acceptors (Lipinski definition) is 6. The number of aliphatic hydroxyl groups is 1. The van der Waals surface area contributed by atoms with Crippen LogP contribution in [0.2, 0.25) is 0 Å². The number of carbonyl (C=O) groups excluding carboxylic acids is 1. The summed E-state index contributed by atoms with van der Waals surface area (Å²) in [5, 5.41) is 14.6. The minimum absolute atomic E-state index is 0.0616. The molecule has 3 aliphatic carbocycles. The van der Waals surface area contributed by atoms with Crippen LogP contribution in [-0.4, -0.2) is 40.2 Å². The number of fused-ring (bicyclic) bond motifs is 2. The van der Waals surface area contributed by atoms with Gasteiger partial charge in [-0.2, -0.15) is 0 Å². The summed E-state index contributed by atoms with van der Waals surface area (Å²) in [5.41, 5.74) is 1.65. The number of pyridine rings is 1. The van der Waals surface area contributed by atoms with Crippen LogP contribution in [0.15, 0.2) is 29.2 Å². The fourth-order valence-corrected chi connectivity index (χ4v) is 6.10. The standard InChI is InChI=1S/C26H34N4O2S/c1-24(2,32)16-6-10-30(11-7-16)21-13-18(33-29-25(3)8-9-25)12-20-19(21)4-5-22(27-20)28-23(31)26-14-17(26)15-26/h4-5,12-13,16-17,29,32H,6-11,14-15H2,1-3H3,(H,27,28,31). The number of rotatable bonds is 7. The van der Waals surface area contributed by atoms with Crippen LogP contribution in [-0.2, 0) is 4.79 Å². The zero-order valence-corrected chi connectivity index (χ0v) is 20.6. The van der Waals surface area contributed by atoms with Crippen LogP contribution in [0.4, 0.5) is 11.5 Å². The molecule has 1 aromatic carbocycles. The first-order chi connectivity index (χ1) is 15.7. The van der Waals surface area contributed by atoms with E-state index < -0.39 is 5.60 Å². The highest BCUT2D eigenvalue weighted by Gasteiger charge is 2.74. The number of nitrogens with zero attached hydrogens (tertiary/aromatic N) is 2. The Balaban J connectivity index is 1.28. The number of carbonyl (C=O) groups is 1. The highest BCUT2D eigenvalue weighted by atomic mass is 32.2. The second-order valence-corrected chi connectivity index (χ2v) is 12.5. The molecule has 4 aliphatic rings. The molecule has 3 N–H and O–H groups in total. The minimum atomic E-state index is -0.633. The van der Waals surface area contributed by atoms with Gasteiger partial charge in [0.15, 0.2) is 0 Å². The van der Waals surface area contributed by atoms with Gasteiger partial charge in [0.2, 0.25) is 5.91 Å². The zero-order valence-electron chi connectivity index (χ0n) is 19.8. The topological polar surface area (TPSA) is 77.5 Å². The summed E-state index contributed by atoms with van der Waals surface area (Å²) in [6.45, 7) is 7.96. The van der Waals surface area contributed by atoms with E-state index in [2.05, 4.69) is 40.1 Å². The Morgan fingerprint density at radius 1 is 1.21 bits per heavy atom. The maximum absolute atomic E-state index is 12.6. The lowest BCUT2D eigenvalue weighted by molar-refractivity contribution is -0.119. The smallest absolute Gasteiger partial charge is 0.232 e. The van der Waals surface area contributed by atoms with Gasteiger partial charge in [0.05, 0.1) is 16.5 Å². The molecule has 0 unspecified atom stereocenters. The van der Waals surface area contributed by atoms with Gasteiger partial charge in [0.1, 0.15) is 5.82 Å². The van der Waals surface area contributed by atoms with Gasteiger partial charge in [-0.3, -0.25) is 9.52 Å². The van der Waals surface area contributed by atoms with E-state index in [1.54, 1.807) is 11.9 Å². The van der Waals surface area contributed by atoms with Crippen LogP contribution < -0.4 is 14.9 Å². The van der Waals surface area contributed by atoms with E-state index in [-0.39, 0.29) is 16.9 Å². The Morgan fingerprint density at radius 3 is 2.52 bits per heavy atom. The summed E-state index contributed by atoms with van der Waals surface area (Å²) in [4.78, 5) is 21.0. The molecule has 0 bridgehead atoms. The molecule has 33 heavy (non-hydrogen) atoms. The summed E-state index contributed by atoms with van der Waals surface area (Å²) >= 11 is 1.68. The summed E-state index contributed by atoms with van der Waals surface area (Å²) in [5.74, 6) is 1.73. The molecule has 2 aromatic rings. The van der Waals surface area contributed by atoms with E-state index in [0.29, 0.717) is 17.7 Å². The lowest BCUT2D eigenvalue weighted by atomic mass is 9.83. The van der Waals surface area contributed by atoms with Crippen molar-refractivity contribution < 1.29 is 9.90 Å². The third-order valence-corrected chi connectivity index (χ3v) is 9.45.